The van der Waals surface area contributed by atoms with Crippen LogP contribution in [0.25, 0.3) is 0 Å². The summed E-state index contributed by atoms with van der Waals surface area (Å²) in [5.41, 5.74) is 0.958. The number of ether oxygens (including phenoxy) is 2. The van der Waals surface area contributed by atoms with Crippen LogP contribution >= 0.6 is 0 Å². The van der Waals surface area contributed by atoms with Gasteiger partial charge in [0.15, 0.2) is 0 Å². The van der Waals surface area contributed by atoms with Gasteiger partial charge >= 0.3 is 11.9 Å². The number of rotatable bonds is 22. The first-order valence-electron chi connectivity index (χ1n) is 12.6. The summed E-state index contributed by atoms with van der Waals surface area (Å²) >= 11 is 0. The lowest BCUT2D eigenvalue weighted by Crippen LogP contribution is -2.05. The van der Waals surface area contributed by atoms with Gasteiger partial charge in [-0.15, -0.1) is 0 Å². The van der Waals surface area contributed by atoms with Crippen LogP contribution in [-0.2, 0) is 19.1 Å². The molecule has 0 aliphatic rings. The van der Waals surface area contributed by atoms with Crippen LogP contribution in [0.15, 0.2) is 24.3 Å². The third-order valence-electron chi connectivity index (χ3n) is 5.45. The number of carbonyl (C=O) groups excluding carboxylic acids is 2. The lowest BCUT2D eigenvalue weighted by atomic mass is 10.0. The van der Waals surface area contributed by atoms with E-state index in [2.05, 4.69) is 13.2 Å². The second-order valence-corrected chi connectivity index (χ2v) is 8.84. The highest BCUT2D eigenvalue weighted by molar-refractivity contribution is 5.87. The molecule has 0 radical (unpaired) electrons. The molecule has 180 valence electrons. The molecule has 0 atom stereocenters. The predicted molar refractivity (Wildman–Crippen MR) is 130 cm³/mol. The molecule has 0 saturated heterocycles. The second kappa shape index (κ2) is 21.6. The minimum absolute atomic E-state index is 0.268. The van der Waals surface area contributed by atoms with Crippen molar-refractivity contribution in [1.29, 1.82) is 0 Å². The summed E-state index contributed by atoms with van der Waals surface area (Å²) in [7, 11) is 0. The van der Waals surface area contributed by atoms with Gasteiger partial charge in [-0.1, -0.05) is 109 Å². The fraction of sp³-hybridized carbons (Fsp3) is 0.778. The summed E-state index contributed by atoms with van der Waals surface area (Å²) in [5, 5.41) is 0. The van der Waals surface area contributed by atoms with Gasteiger partial charge in [-0.05, 0) is 26.7 Å². The first-order valence-corrected chi connectivity index (χ1v) is 12.6. The maximum atomic E-state index is 11.2. The zero-order valence-corrected chi connectivity index (χ0v) is 20.5. The van der Waals surface area contributed by atoms with Gasteiger partial charge in [0.25, 0.3) is 0 Å². The van der Waals surface area contributed by atoms with Gasteiger partial charge in [0.05, 0.1) is 13.2 Å². The van der Waals surface area contributed by atoms with Gasteiger partial charge < -0.3 is 9.47 Å². The van der Waals surface area contributed by atoms with Gasteiger partial charge in [0, 0.05) is 11.1 Å². The Bertz CT molecular complexity index is 451. The topological polar surface area (TPSA) is 52.6 Å². The van der Waals surface area contributed by atoms with Crippen molar-refractivity contribution in [2.75, 3.05) is 13.2 Å². The highest BCUT2D eigenvalue weighted by atomic mass is 16.5. The molecule has 0 aromatic rings. The van der Waals surface area contributed by atoms with Gasteiger partial charge in [-0.3, -0.25) is 0 Å². The minimum Gasteiger partial charge on any atom is -0.462 e. The van der Waals surface area contributed by atoms with Crippen molar-refractivity contribution in [3.8, 4) is 0 Å². The summed E-state index contributed by atoms with van der Waals surface area (Å²) in [6.45, 7) is 11.6. The molecule has 4 heteroatoms. The lowest BCUT2D eigenvalue weighted by Gasteiger charge is -2.05. The number of unbranched alkanes of at least 4 members (excludes halogenated alkanes) is 16. The Kier molecular flexibility index (Phi) is 20.5. The normalized spacial score (nSPS) is 10.6. The largest absolute Gasteiger partial charge is 0.462 e. The maximum Gasteiger partial charge on any atom is 0.333 e. The molecule has 0 fully saturated rings. The van der Waals surface area contributed by atoms with Crippen LogP contribution in [0.4, 0.5) is 0 Å². The Morgan fingerprint density at radius 2 is 0.645 bits per heavy atom. The van der Waals surface area contributed by atoms with Crippen molar-refractivity contribution in [2.45, 2.75) is 123 Å². The molecule has 0 aromatic carbocycles. The molecule has 0 aromatic heterocycles. The second-order valence-electron chi connectivity index (χ2n) is 8.84. The highest BCUT2D eigenvalue weighted by Gasteiger charge is 2.02. The number of hydrogen-bond donors (Lipinski definition) is 0. The van der Waals surface area contributed by atoms with Crippen LogP contribution in [0.2, 0.25) is 0 Å². The molecule has 0 amide bonds. The Balaban J connectivity index is 3.12. The standard InChI is InChI=1S/C27H48O4/c1-24(2)26(28)30-22-20-18-16-14-12-10-8-6-5-7-9-11-13-15-17-19-21-23-31-27(29)25(3)4/h1,3,5-23H2,2,4H3. The monoisotopic (exact) mass is 436 g/mol. The zero-order valence-electron chi connectivity index (χ0n) is 20.5. The predicted octanol–water partition coefficient (Wildman–Crippen LogP) is 7.86. The smallest absolute Gasteiger partial charge is 0.333 e. The van der Waals surface area contributed by atoms with Crippen molar-refractivity contribution in [3.63, 3.8) is 0 Å². The molecular weight excluding hydrogens is 388 g/mol. The SMILES string of the molecule is C=C(C)C(=O)OCCCCCCCCCCCCCCCCCCCOC(=O)C(=C)C. The van der Waals surface area contributed by atoms with Crippen molar-refractivity contribution < 1.29 is 19.1 Å². The van der Waals surface area contributed by atoms with Gasteiger partial charge in [-0.25, -0.2) is 9.59 Å². The Hall–Kier alpha value is -1.58. The van der Waals surface area contributed by atoms with E-state index in [1.54, 1.807) is 13.8 Å². The Morgan fingerprint density at radius 3 is 0.839 bits per heavy atom. The van der Waals surface area contributed by atoms with E-state index in [1.165, 1.54) is 83.5 Å². The molecule has 0 bridgehead atoms. The van der Waals surface area contributed by atoms with Crippen molar-refractivity contribution in [3.05, 3.63) is 24.3 Å². The summed E-state index contributed by atoms with van der Waals surface area (Å²) in [6, 6.07) is 0. The quantitative estimate of drug-likeness (QED) is 0.0984. The summed E-state index contributed by atoms with van der Waals surface area (Å²) in [6.07, 6.45) is 21.5. The third-order valence-corrected chi connectivity index (χ3v) is 5.45. The fourth-order valence-corrected chi connectivity index (χ4v) is 3.43. The first-order chi connectivity index (χ1) is 14.9. The van der Waals surface area contributed by atoms with Crippen LogP contribution in [0.1, 0.15) is 123 Å². The first kappa shape index (κ1) is 29.4. The minimum atomic E-state index is -0.268. The molecular formula is C27H48O4. The summed E-state index contributed by atoms with van der Waals surface area (Å²) < 4.78 is 10.2. The lowest BCUT2D eigenvalue weighted by molar-refractivity contribution is -0.139. The molecule has 31 heavy (non-hydrogen) atoms. The molecule has 0 aliphatic carbocycles. The average molecular weight is 437 g/mol. The average Bonchev–Trinajstić information content (AvgIpc) is 2.74. The van der Waals surface area contributed by atoms with Crippen molar-refractivity contribution in [2.24, 2.45) is 0 Å². The Morgan fingerprint density at radius 1 is 0.452 bits per heavy atom. The van der Waals surface area contributed by atoms with E-state index in [0.717, 1.165) is 25.7 Å². The number of hydrogen-bond acceptors (Lipinski definition) is 4. The Labute approximate surface area is 191 Å². The molecule has 0 unspecified atom stereocenters. The van der Waals surface area contributed by atoms with Crippen LogP contribution < -0.4 is 0 Å². The van der Waals surface area contributed by atoms with E-state index >= 15 is 0 Å². The van der Waals surface area contributed by atoms with E-state index in [9.17, 15) is 9.59 Å². The number of esters is 2. The van der Waals surface area contributed by atoms with Crippen molar-refractivity contribution in [1.82, 2.24) is 0 Å². The van der Waals surface area contributed by atoms with Crippen LogP contribution in [0.3, 0.4) is 0 Å². The van der Waals surface area contributed by atoms with E-state index in [1.807, 2.05) is 0 Å². The number of carbonyl (C=O) groups is 2. The molecule has 0 N–H and O–H groups in total. The van der Waals surface area contributed by atoms with Gasteiger partial charge in [0.1, 0.15) is 0 Å². The molecule has 0 heterocycles. The molecule has 0 saturated carbocycles. The third kappa shape index (κ3) is 21.4. The van der Waals surface area contributed by atoms with Crippen LogP contribution in [0, 0.1) is 0 Å². The molecule has 0 rings (SSSR count). The van der Waals surface area contributed by atoms with Crippen molar-refractivity contribution >= 4 is 11.9 Å². The highest BCUT2D eigenvalue weighted by Crippen LogP contribution is 2.14. The molecule has 4 nitrogen and oxygen atoms in total. The molecule has 0 spiro atoms. The summed E-state index contributed by atoms with van der Waals surface area (Å²) in [4.78, 5) is 22.5. The molecule has 0 aliphatic heterocycles. The van der Waals surface area contributed by atoms with E-state index < -0.39 is 0 Å². The van der Waals surface area contributed by atoms with Crippen LogP contribution in [-0.4, -0.2) is 25.2 Å². The zero-order chi connectivity index (χ0) is 23.2. The summed E-state index contributed by atoms with van der Waals surface area (Å²) in [5.74, 6) is -0.536. The van der Waals surface area contributed by atoms with Gasteiger partial charge in [0.2, 0.25) is 0 Å². The maximum absolute atomic E-state index is 11.2. The van der Waals surface area contributed by atoms with E-state index in [0.29, 0.717) is 24.4 Å². The van der Waals surface area contributed by atoms with Crippen LogP contribution in [0.5, 0.6) is 0 Å². The van der Waals surface area contributed by atoms with E-state index in [4.69, 9.17) is 9.47 Å². The fourth-order valence-electron chi connectivity index (χ4n) is 3.43. The van der Waals surface area contributed by atoms with E-state index in [-0.39, 0.29) is 11.9 Å². The van der Waals surface area contributed by atoms with Gasteiger partial charge in [-0.2, -0.15) is 0 Å².